The van der Waals surface area contributed by atoms with E-state index in [4.69, 9.17) is 10.6 Å². The van der Waals surface area contributed by atoms with E-state index in [9.17, 15) is 14.9 Å². The van der Waals surface area contributed by atoms with E-state index in [0.717, 1.165) is 0 Å². The minimum atomic E-state index is -0.521. The summed E-state index contributed by atoms with van der Waals surface area (Å²) in [6, 6.07) is 4.52. The lowest BCUT2D eigenvalue weighted by atomic mass is 10.3. The zero-order chi connectivity index (χ0) is 13.5. The lowest BCUT2D eigenvalue weighted by Gasteiger charge is -2.06. The van der Waals surface area contributed by atoms with Crippen LogP contribution in [0.2, 0.25) is 0 Å². The summed E-state index contributed by atoms with van der Waals surface area (Å²) in [5.41, 5.74) is 1.87. The molecule has 1 amide bonds. The molecule has 18 heavy (non-hydrogen) atoms. The third-order valence-electron chi connectivity index (χ3n) is 2.08. The zero-order valence-corrected chi connectivity index (χ0v) is 11.0. The number of nitro benzene ring substituents is 1. The van der Waals surface area contributed by atoms with Gasteiger partial charge in [-0.15, -0.1) is 0 Å². The highest BCUT2D eigenvalue weighted by atomic mass is 79.9. The smallest absolute Gasteiger partial charge is 0.312 e. The Hall–Kier alpha value is -1.67. The largest absolute Gasteiger partial charge is 0.487 e. The molecule has 98 valence electrons. The summed E-state index contributed by atoms with van der Waals surface area (Å²) in [5, 5.41) is 10.8. The molecule has 0 aliphatic carbocycles. The SMILES string of the molecule is NNC(=O)CCCOc1ccc(Br)cc1[N+](=O)[O-]. The first-order valence-electron chi connectivity index (χ1n) is 5.10. The average Bonchev–Trinajstić information content (AvgIpc) is 2.35. The maximum atomic E-state index is 10.8. The second-order valence-corrected chi connectivity index (χ2v) is 4.30. The van der Waals surface area contributed by atoms with Crippen molar-refractivity contribution in [2.75, 3.05) is 6.61 Å². The molecule has 1 rings (SSSR count). The fraction of sp³-hybridized carbons (Fsp3) is 0.300. The molecule has 3 N–H and O–H groups in total. The molecule has 0 atom stereocenters. The lowest BCUT2D eigenvalue weighted by molar-refractivity contribution is -0.385. The van der Waals surface area contributed by atoms with Crippen molar-refractivity contribution in [2.45, 2.75) is 12.8 Å². The quantitative estimate of drug-likeness (QED) is 0.272. The van der Waals surface area contributed by atoms with Crippen LogP contribution >= 0.6 is 15.9 Å². The highest BCUT2D eigenvalue weighted by Crippen LogP contribution is 2.30. The Morgan fingerprint density at radius 1 is 1.56 bits per heavy atom. The Kier molecular flexibility index (Phi) is 5.53. The normalized spacial score (nSPS) is 9.89. The van der Waals surface area contributed by atoms with E-state index in [2.05, 4.69) is 15.9 Å². The van der Waals surface area contributed by atoms with Crippen molar-refractivity contribution >= 4 is 27.5 Å². The Balaban J connectivity index is 2.56. The number of amides is 1. The van der Waals surface area contributed by atoms with Gasteiger partial charge in [0.1, 0.15) is 0 Å². The van der Waals surface area contributed by atoms with Crippen LogP contribution in [-0.2, 0) is 4.79 Å². The molecule has 0 spiro atoms. The Bertz CT molecular complexity index is 453. The molecule has 0 heterocycles. The van der Waals surface area contributed by atoms with Crippen molar-refractivity contribution in [3.8, 4) is 5.75 Å². The molecule has 0 aromatic heterocycles. The summed E-state index contributed by atoms with van der Waals surface area (Å²) in [4.78, 5) is 21.1. The molecule has 0 saturated heterocycles. The number of carbonyl (C=O) groups excluding carboxylic acids is 1. The maximum absolute atomic E-state index is 10.8. The van der Waals surface area contributed by atoms with Crippen LogP contribution in [0.5, 0.6) is 5.75 Å². The molecule has 0 fully saturated rings. The first-order valence-corrected chi connectivity index (χ1v) is 5.90. The van der Waals surface area contributed by atoms with Gasteiger partial charge in [-0.05, 0) is 18.6 Å². The fourth-order valence-corrected chi connectivity index (χ4v) is 1.59. The number of hydrazine groups is 1. The van der Waals surface area contributed by atoms with Crippen molar-refractivity contribution in [1.82, 2.24) is 5.43 Å². The van der Waals surface area contributed by atoms with Gasteiger partial charge in [-0.3, -0.25) is 20.3 Å². The van der Waals surface area contributed by atoms with Crippen molar-refractivity contribution < 1.29 is 14.5 Å². The van der Waals surface area contributed by atoms with Gasteiger partial charge >= 0.3 is 5.69 Å². The Labute approximate surface area is 112 Å². The van der Waals surface area contributed by atoms with Crippen LogP contribution in [-0.4, -0.2) is 17.4 Å². The lowest BCUT2D eigenvalue weighted by Crippen LogP contribution is -2.29. The number of carbonyl (C=O) groups is 1. The number of halogens is 1. The molecule has 7 nitrogen and oxygen atoms in total. The van der Waals surface area contributed by atoms with Gasteiger partial charge in [0, 0.05) is 17.0 Å². The number of benzene rings is 1. The van der Waals surface area contributed by atoms with Gasteiger partial charge in [-0.25, -0.2) is 5.84 Å². The molecule has 0 aliphatic heterocycles. The summed E-state index contributed by atoms with van der Waals surface area (Å²) >= 11 is 3.15. The van der Waals surface area contributed by atoms with E-state index in [0.29, 0.717) is 10.9 Å². The van der Waals surface area contributed by atoms with Crippen LogP contribution in [0.25, 0.3) is 0 Å². The number of nitrogens with zero attached hydrogens (tertiary/aromatic N) is 1. The first-order chi connectivity index (χ1) is 8.54. The van der Waals surface area contributed by atoms with Crippen molar-refractivity contribution in [1.29, 1.82) is 0 Å². The molecule has 0 unspecified atom stereocenters. The summed E-state index contributed by atoms with van der Waals surface area (Å²) in [7, 11) is 0. The molecular formula is C10H12BrN3O4. The first kappa shape index (κ1) is 14.4. The number of nitrogens with two attached hydrogens (primary N) is 1. The summed E-state index contributed by atoms with van der Waals surface area (Å²) in [5.74, 6) is 4.79. The van der Waals surface area contributed by atoms with E-state index < -0.39 is 4.92 Å². The standard InChI is InChI=1S/C10H12BrN3O4/c11-7-3-4-9(8(6-7)14(16)17)18-5-1-2-10(15)13-12/h3-4,6H,1-2,5,12H2,(H,13,15). The highest BCUT2D eigenvalue weighted by Gasteiger charge is 2.15. The third-order valence-corrected chi connectivity index (χ3v) is 2.58. The number of nitrogens with one attached hydrogen (secondary N) is 1. The number of hydrogen-bond donors (Lipinski definition) is 2. The second kappa shape index (κ2) is 6.92. The minimum Gasteiger partial charge on any atom is -0.487 e. The predicted molar refractivity (Wildman–Crippen MR) is 67.9 cm³/mol. The number of ether oxygens (including phenoxy) is 1. The molecule has 8 heteroatoms. The van der Waals surface area contributed by atoms with Gasteiger partial charge in [0.15, 0.2) is 5.75 Å². The van der Waals surface area contributed by atoms with Crippen molar-refractivity contribution in [3.63, 3.8) is 0 Å². The summed E-state index contributed by atoms with van der Waals surface area (Å²) in [6.07, 6.45) is 0.636. The number of rotatable bonds is 6. The third kappa shape index (κ3) is 4.30. The molecular weight excluding hydrogens is 306 g/mol. The minimum absolute atomic E-state index is 0.118. The average molecular weight is 318 g/mol. The van der Waals surface area contributed by atoms with E-state index in [1.165, 1.54) is 12.1 Å². The highest BCUT2D eigenvalue weighted by molar-refractivity contribution is 9.10. The maximum Gasteiger partial charge on any atom is 0.312 e. The summed E-state index contributed by atoms with van der Waals surface area (Å²) < 4.78 is 5.87. The van der Waals surface area contributed by atoms with Gasteiger partial charge < -0.3 is 4.74 Å². The van der Waals surface area contributed by atoms with Crippen LogP contribution in [0.3, 0.4) is 0 Å². The fourth-order valence-electron chi connectivity index (χ4n) is 1.24. The molecule has 1 aromatic rings. The summed E-state index contributed by atoms with van der Waals surface area (Å²) in [6.45, 7) is 0.204. The van der Waals surface area contributed by atoms with Crippen LogP contribution in [0, 0.1) is 10.1 Å². The van der Waals surface area contributed by atoms with Gasteiger partial charge in [-0.1, -0.05) is 15.9 Å². The van der Waals surface area contributed by atoms with Crippen LogP contribution in [0.15, 0.2) is 22.7 Å². The van der Waals surface area contributed by atoms with E-state index in [1.54, 1.807) is 6.07 Å². The molecule has 0 bridgehead atoms. The van der Waals surface area contributed by atoms with Crippen molar-refractivity contribution in [3.05, 3.63) is 32.8 Å². The molecule has 0 saturated carbocycles. The Morgan fingerprint density at radius 2 is 2.28 bits per heavy atom. The van der Waals surface area contributed by atoms with E-state index >= 15 is 0 Å². The van der Waals surface area contributed by atoms with Gasteiger partial charge in [-0.2, -0.15) is 0 Å². The van der Waals surface area contributed by atoms with Crippen LogP contribution in [0.4, 0.5) is 5.69 Å². The predicted octanol–water partition coefficient (Wildman–Crippen LogP) is 1.51. The zero-order valence-electron chi connectivity index (χ0n) is 9.39. The van der Waals surface area contributed by atoms with Crippen molar-refractivity contribution in [2.24, 2.45) is 5.84 Å². The van der Waals surface area contributed by atoms with E-state index in [-0.39, 0.29) is 30.4 Å². The topological polar surface area (TPSA) is 107 Å². The second-order valence-electron chi connectivity index (χ2n) is 3.39. The monoisotopic (exact) mass is 317 g/mol. The molecule has 0 radical (unpaired) electrons. The van der Waals surface area contributed by atoms with Gasteiger partial charge in [0.05, 0.1) is 11.5 Å². The van der Waals surface area contributed by atoms with Gasteiger partial charge in [0.2, 0.25) is 5.91 Å². The van der Waals surface area contributed by atoms with Crippen LogP contribution < -0.4 is 16.0 Å². The number of hydrogen-bond acceptors (Lipinski definition) is 5. The van der Waals surface area contributed by atoms with E-state index in [1.807, 2.05) is 5.43 Å². The Morgan fingerprint density at radius 3 is 2.89 bits per heavy atom. The van der Waals surface area contributed by atoms with Crippen LogP contribution in [0.1, 0.15) is 12.8 Å². The number of nitro groups is 1. The molecule has 0 aliphatic rings. The molecule has 1 aromatic carbocycles. The van der Waals surface area contributed by atoms with Gasteiger partial charge in [0.25, 0.3) is 0 Å².